The second-order valence-electron chi connectivity index (χ2n) is 7.38. The SMILES string of the molecule is CNCc1cc(OCc2cc(C)ccc2CF)n(CC2CCCCC2)n1. The van der Waals surface area contributed by atoms with Crippen LogP contribution in [0.1, 0.15) is 54.5 Å². The van der Waals surface area contributed by atoms with Gasteiger partial charge in [-0.2, -0.15) is 5.10 Å². The van der Waals surface area contributed by atoms with E-state index in [4.69, 9.17) is 9.84 Å². The van der Waals surface area contributed by atoms with Crippen molar-refractivity contribution in [2.24, 2.45) is 5.92 Å². The fourth-order valence-electron chi connectivity index (χ4n) is 3.75. The first-order chi connectivity index (χ1) is 12.7. The summed E-state index contributed by atoms with van der Waals surface area (Å²) in [5.74, 6) is 1.46. The molecule has 26 heavy (non-hydrogen) atoms. The molecule has 1 saturated carbocycles. The molecule has 3 rings (SSSR count). The Morgan fingerprint density at radius 1 is 1.19 bits per heavy atom. The third-order valence-corrected chi connectivity index (χ3v) is 5.19. The Hall–Kier alpha value is -1.88. The van der Waals surface area contributed by atoms with Crippen LogP contribution in [-0.2, 0) is 26.4 Å². The summed E-state index contributed by atoms with van der Waals surface area (Å²) in [7, 11) is 1.92. The number of hydrogen-bond donors (Lipinski definition) is 1. The lowest BCUT2D eigenvalue weighted by Gasteiger charge is -2.22. The van der Waals surface area contributed by atoms with E-state index in [1.165, 1.54) is 32.1 Å². The van der Waals surface area contributed by atoms with E-state index in [1.54, 1.807) is 0 Å². The van der Waals surface area contributed by atoms with E-state index < -0.39 is 6.67 Å². The van der Waals surface area contributed by atoms with Crippen LogP contribution >= 0.6 is 0 Å². The van der Waals surface area contributed by atoms with Crippen LogP contribution in [0.2, 0.25) is 0 Å². The molecule has 1 aromatic carbocycles. The molecule has 1 aliphatic carbocycles. The summed E-state index contributed by atoms with van der Waals surface area (Å²) in [5, 5.41) is 7.87. The summed E-state index contributed by atoms with van der Waals surface area (Å²) < 4.78 is 21.4. The van der Waals surface area contributed by atoms with Crippen LogP contribution in [-0.4, -0.2) is 16.8 Å². The third-order valence-electron chi connectivity index (χ3n) is 5.19. The summed E-state index contributed by atoms with van der Waals surface area (Å²) in [5.41, 5.74) is 3.71. The van der Waals surface area contributed by atoms with Crippen molar-refractivity contribution in [2.45, 2.75) is 65.4 Å². The van der Waals surface area contributed by atoms with E-state index in [-0.39, 0.29) is 0 Å². The summed E-state index contributed by atoms with van der Waals surface area (Å²) in [6.07, 6.45) is 6.52. The minimum Gasteiger partial charge on any atom is -0.473 e. The van der Waals surface area contributed by atoms with Gasteiger partial charge in [0, 0.05) is 19.2 Å². The molecule has 1 fully saturated rings. The zero-order valence-electron chi connectivity index (χ0n) is 15.9. The summed E-state index contributed by atoms with van der Waals surface area (Å²) >= 11 is 0. The highest BCUT2D eigenvalue weighted by Gasteiger charge is 2.18. The molecule has 0 aliphatic heterocycles. The van der Waals surface area contributed by atoms with Crippen molar-refractivity contribution < 1.29 is 9.13 Å². The van der Waals surface area contributed by atoms with Crippen molar-refractivity contribution in [3.8, 4) is 5.88 Å². The highest BCUT2D eigenvalue weighted by Crippen LogP contribution is 2.27. The second kappa shape index (κ2) is 9.17. The molecule has 0 saturated heterocycles. The van der Waals surface area contributed by atoms with Crippen molar-refractivity contribution in [2.75, 3.05) is 7.05 Å². The zero-order chi connectivity index (χ0) is 18.4. The average Bonchev–Trinajstić information content (AvgIpc) is 3.02. The minimum absolute atomic E-state index is 0.371. The van der Waals surface area contributed by atoms with Crippen LogP contribution in [0.25, 0.3) is 0 Å². The lowest BCUT2D eigenvalue weighted by Crippen LogP contribution is -2.16. The Morgan fingerprint density at radius 3 is 2.73 bits per heavy atom. The van der Waals surface area contributed by atoms with Crippen LogP contribution in [0.15, 0.2) is 24.3 Å². The van der Waals surface area contributed by atoms with Crippen molar-refractivity contribution in [3.05, 3.63) is 46.6 Å². The van der Waals surface area contributed by atoms with Gasteiger partial charge in [0.15, 0.2) is 0 Å². The molecule has 1 N–H and O–H groups in total. The first-order valence-corrected chi connectivity index (χ1v) is 9.68. The fourth-order valence-corrected chi connectivity index (χ4v) is 3.75. The minimum atomic E-state index is -0.467. The third kappa shape index (κ3) is 4.85. The number of benzene rings is 1. The Morgan fingerprint density at radius 2 is 2.00 bits per heavy atom. The van der Waals surface area contributed by atoms with Crippen LogP contribution in [0.4, 0.5) is 4.39 Å². The molecule has 1 heterocycles. The van der Waals surface area contributed by atoms with Crippen LogP contribution in [0.5, 0.6) is 5.88 Å². The Kier molecular flexibility index (Phi) is 6.67. The number of ether oxygens (including phenoxy) is 1. The van der Waals surface area contributed by atoms with Gasteiger partial charge >= 0.3 is 0 Å². The lowest BCUT2D eigenvalue weighted by molar-refractivity contribution is 0.244. The van der Waals surface area contributed by atoms with Gasteiger partial charge < -0.3 is 10.1 Å². The number of hydrogen-bond acceptors (Lipinski definition) is 3. The van der Waals surface area contributed by atoms with E-state index in [9.17, 15) is 4.39 Å². The molecule has 4 nitrogen and oxygen atoms in total. The molecule has 0 bridgehead atoms. The summed E-state index contributed by atoms with van der Waals surface area (Å²) in [6.45, 7) is 3.54. The number of rotatable bonds is 8. The van der Waals surface area contributed by atoms with Crippen molar-refractivity contribution in [1.82, 2.24) is 15.1 Å². The molecule has 0 unspecified atom stereocenters. The van der Waals surface area contributed by atoms with Gasteiger partial charge in [0.25, 0.3) is 0 Å². The molecule has 5 heteroatoms. The van der Waals surface area contributed by atoms with Crippen LogP contribution in [0.3, 0.4) is 0 Å². The monoisotopic (exact) mass is 359 g/mol. The van der Waals surface area contributed by atoms with Crippen molar-refractivity contribution >= 4 is 0 Å². The first kappa shape index (κ1) is 18.9. The molecule has 0 spiro atoms. The number of nitrogens with zero attached hydrogens (tertiary/aromatic N) is 2. The van der Waals surface area contributed by atoms with Crippen LogP contribution < -0.4 is 10.1 Å². The molecule has 0 amide bonds. The fraction of sp³-hybridized carbons (Fsp3) is 0.571. The highest BCUT2D eigenvalue weighted by molar-refractivity contribution is 5.31. The number of nitrogens with one attached hydrogen (secondary N) is 1. The van der Waals surface area contributed by atoms with E-state index >= 15 is 0 Å². The average molecular weight is 359 g/mol. The van der Waals surface area contributed by atoms with E-state index in [0.717, 1.165) is 29.2 Å². The zero-order valence-corrected chi connectivity index (χ0v) is 15.9. The van der Waals surface area contributed by atoms with E-state index in [2.05, 4.69) is 5.32 Å². The molecular formula is C21H30FN3O. The molecule has 1 aromatic heterocycles. The number of aromatic nitrogens is 2. The van der Waals surface area contributed by atoms with Crippen molar-refractivity contribution in [1.29, 1.82) is 0 Å². The summed E-state index contributed by atoms with van der Waals surface area (Å²) in [6, 6.07) is 7.80. The lowest BCUT2D eigenvalue weighted by atomic mass is 9.89. The topological polar surface area (TPSA) is 39.1 Å². The standard InChI is InChI=1S/C21H30FN3O/c1-16-8-9-18(12-22)19(10-16)15-26-21-11-20(13-23-2)24-25(21)14-17-6-4-3-5-7-17/h8-11,17,23H,3-7,12-15H2,1-2H3. The van der Waals surface area contributed by atoms with Gasteiger partial charge in [-0.15, -0.1) is 0 Å². The predicted molar refractivity (Wildman–Crippen MR) is 102 cm³/mol. The first-order valence-electron chi connectivity index (χ1n) is 9.68. The van der Waals surface area contributed by atoms with E-state index in [0.29, 0.717) is 24.6 Å². The van der Waals surface area contributed by atoms with Gasteiger partial charge in [-0.25, -0.2) is 9.07 Å². The molecule has 142 valence electrons. The van der Waals surface area contributed by atoms with Gasteiger partial charge in [0.2, 0.25) is 5.88 Å². The smallest absolute Gasteiger partial charge is 0.212 e. The molecular weight excluding hydrogens is 329 g/mol. The van der Waals surface area contributed by atoms with Gasteiger partial charge in [-0.05, 0) is 43.9 Å². The Balaban J connectivity index is 1.74. The Bertz CT molecular complexity index is 707. The normalized spacial score (nSPS) is 15.3. The maximum Gasteiger partial charge on any atom is 0.212 e. The van der Waals surface area contributed by atoms with E-state index in [1.807, 2.05) is 42.9 Å². The predicted octanol–water partition coefficient (Wildman–Crippen LogP) is 4.54. The molecule has 1 aliphatic rings. The maximum absolute atomic E-state index is 13.3. The van der Waals surface area contributed by atoms with Gasteiger partial charge in [-0.3, -0.25) is 0 Å². The largest absolute Gasteiger partial charge is 0.473 e. The summed E-state index contributed by atoms with van der Waals surface area (Å²) in [4.78, 5) is 0. The highest BCUT2D eigenvalue weighted by atomic mass is 19.1. The Labute approximate surface area is 155 Å². The quantitative estimate of drug-likeness (QED) is 0.752. The molecule has 0 radical (unpaired) electrons. The second-order valence-corrected chi connectivity index (χ2v) is 7.38. The number of alkyl halides is 1. The van der Waals surface area contributed by atoms with Crippen molar-refractivity contribution in [3.63, 3.8) is 0 Å². The van der Waals surface area contributed by atoms with Gasteiger partial charge in [0.05, 0.1) is 5.69 Å². The van der Waals surface area contributed by atoms with Gasteiger partial charge in [-0.1, -0.05) is 43.0 Å². The molecule has 2 aromatic rings. The van der Waals surface area contributed by atoms with Gasteiger partial charge in [0.1, 0.15) is 13.3 Å². The molecule has 0 atom stereocenters. The number of aryl methyl sites for hydroxylation is 1. The number of halogens is 1. The van der Waals surface area contributed by atoms with Crippen LogP contribution in [0, 0.1) is 12.8 Å². The maximum atomic E-state index is 13.3.